The highest BCUT2D eigenvalue weighted by atomic mass is 19.4. The van der Waals surface area contributed by atoms with Gasteiger partial charge in [-0.2, -0.15) is 35.1 Å². The highest BCUT2D eigenvalue weighted by Crippen LogP contribution is 2.53. The monoisotopic (exact) mass is 370 g/mol. The Balaban J connectivity index is 2.63. The van der Waals surface area contributed by atoms with Crippen molar-refractivity contribution in [2.24, 2.45) is 0 Å². The van der Waals surface area contributed by atoms with E-state index in [1.807, 2.05) is 0 Å². The van der Waals surface area contributed by atoms with E-state index in [9.17, 15) is 35.1 Å². The average molecular weight is 370 g/mol. The van der Waals surface area contributed by atoms with E-state index in [0.717, 1.165) is 24.3 Å². The highest BCUT2D eigenvalue weighted by molar-refractivity contribution is 5.25. The van der Waals surface area contributed by atoms with Crippen molar-refractivity contribution >= 4 is 0 Å². The fourth-order valence-electron chi connectivity index (χ4n) is 2.06. The van der Waals surface area contributed by atoms with Gasteiger partial charge in [0, 0.05) is 11.1 Å². The van der Waals surface area contributed by atoms with Gasteiger partial charge in [0.15, 0.2) is 0 Å². The van der Waals surface area contributed by atoms with E-state index in [4.69, 9.17) is 0 Å². The van der Waals surface area contributed by atoms with Gasteiger partial charge in [-0.15, -0.1) is 0 Å². The van der Waals surface area contributed by atoms with E-state index in [0.29, 0.717) is 24.3 Å². The Hall–Kier alpha value is -2.16. The first-order chi connectivity index (χ1) is 11.4. The molecule has 0 saturated heterocycles. The van der Waals surface area contributed by atoms with Gasteiger partial charge >= 0.3 is 24.1 Å². The van der Waals surface area contributed by atoms with E-state index in [1.165, 1.54) is 12.1 Å². The van der Waals surface area contributed by atoms with Crippen molar-refractivity contribution in [3.8, 4) is 0 Å². The molecule has 0 saturated carbocycles. The van der Waals surface area contributed by atoms with E-state index < -0.39 is 35.2 Å². The molecule has 0 amide bonds. The molecule has 0 aromatic heterocycles. The van der Waals surface area contributed by atoms with Gasteiger partial charge in [-0.1, -0.05) is 60.7 Å². The van der Waals surface area contributed by atoms with Crippen molar-refractivity contribution in [3.05, 3.63) is 71.8 Å². The van der Waals surface area contributed by atoms with Gasteiger partial charge in [-0.3, -0.25) is 4.74 Å². The second-order valence-electron chi connectivity index (χ2n) is 5.02. The molecule has 0 aliphatic carbocycles. The third-order valence-corrected chi connectivity index (χ3v) is 3.30. The Kier molecular flexibility index (Phi) is 4.82. The molecule has 136 valence electrons. The maximum atomic E-state index is 14.7. The minimum absolute atomic E-state index is 0.551. The van der Waals surface area contributed by atoms with Crippen LogP contribution in [0.5, 0.6) is 0 Å². The van der Waals surface area contributed by atoms with E-state index >= 15 is 0 Å². The van der Waals surface area contributed by atoms with Gasteiger partial charge in [-0.05, 0) is 0 Å². The summed E-state index contributed by atoms with van der Waals surface area (Å²) in [7, 11) is 0. The van der Waals surface area contributed by atoms with Crippen LogP contribution >= 0.6 is 0 Å². The van der Waals surface area contributed by atoms with Crippen LogP contribution in [0.25, 0.3) is 0 Å². The zero-order chi connectivity index (χ0) is 18.9. The van der Waals surface area contributed by atoms with Crippen molar-refractivity contribution in [1.29, 1.82) is 0 Å². The van der Waals surface area contributed by atoms with Crippen LogP contribution in [0.1, 0.15) is 11.1 Å². The molecule has 2 aromatic carbocycles. The topological polar surface area (TPSA) is 9.23 Å². The summed E-state index contributed by atoms with van der Waals surface area (Å²) in [5.41, 5.74) is -2.63. The molecule has 0 aliphatic heterocycles. The molecule has 0 bridgehead atoms. The summed E-state index contributed by atoms with van der Waals surface area (Å²) in [5, 5.41) is 0. The van der Waals surface area contributed by atoms with E-state index in [2.05, 4.69) is 4.74 Å². The highest BCUT2D eigenvalue weighted by Gasteiger charge is 2.69. The molecular formula is C16H10F8O. The number of hydrogen-bond donors (Lipinski definition) is 0. The lowest BCUT2D eigenvalue weighted by molar-refractivity contribution is -0.447. The summed E-state index contributed by atoms with van der Waals surface area (Å²) in [5.74, 6) is -10.0. The zero-order valence-electron chi connectivity index (χ0n) is 12.2. The Morgan fingerprint density at radius 3 is 1.00 bits per heavy atom. The third kappa shape index (κ3) is 3.46. The van der Waals surface area contributed by atoms with E-state index in [-0.39, 0.29) is 0 Å². The van der Waals surface area contributed by atoms with Crippen molar-refractivity contribution in [2.45, 2.75) is 24.1 Å². The predicted molar refractivity (Wildman–Crippen MR) is 71.7 cm³/mol. The smallest absolute Gasteiger partial charge is 0.286 e. The summed E-state index contributed by atoms with van der Waals surface area (Å²) in [4.78, 5) is 0. The first-order valence-corrected chi connectivity index (χ1v) is 6.74. The maximum absolute atomic E-state index is 14.7. The van der Waals surface area contributed by atoms with Crippen molar-refractivity contribution in [1.82, 2.24) is 0 Å². The molecule has 0 N–H and O–H groups in total. The lowest BCUT2D eigenvalue weighted by atomic mass is 10.0. The number of benzene rings is 2. The van der Waals surface area contributed by atoms with Crippen LogP contribution < -0.4 is 0 Å². The molecule has 2 atom stereocenters. The van der Waals surface area contributed by atoms with Crippen LogP contribution in [-0.4, -0.2) is 12.4 Å². The van der Waals surface area contributed by atoms with Crippen LogP contribution in [0.15, 0.2) is 60.7 Å². The number of ether oxygens (including phenoxy) is 1. The normalized spacial score (nSPS) is 17.6. The van der Waals surface area contributed by atoms with Crippen LogP contribution in [0.2, 0.25) is 0 Å². The standard InChI is InChI=1S/C16H10F8O/c17-13(15(19,20)21,11-7-3-1-4-8-11)25-14(18,16(22,23)24)12-9-5-2-6-10-12/h1-10H. The van der Waals surface area contributed by atoms with Crippen molar-refractivity contribution in [2.75, 3.05) is 0 Å². The van der Waals surface area contributed by atoms with Crippen LogP contribution in [0, 0.1) is 0 Å². The summed E-state index contributed by atoms with van der Waals surface area (Å²) >= 11 is 0. The first kappa shape index (κ1) is 19.2. The summed E-state index contributed by atoms with van der Waals surface area (Å²) in [6, 6.07) is 8.44. The molecule has 9 heteroatoms. The Morgan fingerprint density at radius 2 is 0.760 bits per heavy atom. The largest absolute Gasteiger partial charge is 0.453 e. The van der Waals surface area contributed by atoms with Gasteiger partial charge in [0.05, 0.1) is 0 Å². The molecule has 1 nitrogen and oxygen atoms in total. The Bertz CT molecular complexity index is 636. The fraction of sp³-hybridized carbons (Fsp3) is 0.250. The lowest BCUT2D eigenvalue weighted by Crippen LogP contribution is -2.51. The molecule has 25 heavy (non-hydrogen) atoms. The molecule has 0 fully saturated rings. The fourth-order valence-corrected chi connectivity index (χ4v) is 2.06. The Labute approximate surface area is 136 Å². The van der Waals surface area contributed by atoms with Crippen LogP contribution in [0.3, 0.4) is 0 Å². The zero-order valence-corrected chi connectivity index (χ0v) is 12.2. The number of halogens is 8. The molecule has 2 unspecified atom stereocenters. The van der Waals surface area contributed by atoms with Crippen LogP contribution in [0.4, 0.5) is 35.1 Å². The third-order valence-electron chi connectivity index (χ3n) is 3.30. The average Bonchev–Trinajstić information content (AvgIpc) is 2.54. The second kappa shape index (κ2) is 6.29. The van der Waals surface area contributed by atoms with Crippen molar-refractivity contribution < 1.29 is 39.9 Å². The number of alkyl halides is 8. The molecule has 0 aliphatic rings. The minimum atomic E-state index is -5.97. The second-order valence-corrected chi connectivity index (χ2v) is 5.02. The Morgan fingerprint density at radius 1 is 0.480 bits per heavy atom. The van der Waals surface area contributed by atoms with Gasteiger partial charge < -0.3 is 0 Å². The van der Waals surface area contributed by atoms with Crippen molar-refractivity contribution in [3.63, 3.8) is 0 Å². The summed E-state index contributed by atoms with van der Waals surface area (Å²) < 4.78 is 112. The molecule has 0 heterocycles. The SMILES string of the molecule is FC(F)(F)C(F)(OC(F)(c1ccccc1)C(F)(F)F)c1ccccc1. The number of rotatable bonds is 4. The molecular weight excluding hydrogens is 360 g/mol. The summed E-state index contributed by atoms with van der Waals surface area (Å²) in [6.45, 7) is 0. The predicted octanol–water partition coefficient (Wildman–Crippen LogP) is 5.77. The van der Waals surface area contributed by atoms with Gasteiger partial charge in [0.1, 0.15) is 0 Å². The molecule has 2 rings (SSSR count). The first-order valence-electron chi connectivity index (χ1n) is 6.74. The number of hydrogen-bond acceptors (Lipinski definition) is 1. The van der Waals surface area contributed by atoms with E-state index in [1.54, 1.807) is 0 Å². The van der Waals surface area contributed by atoms with Gasteiger partial charge in [-0.25, -0.2) is 0 Å². The summed E-state index contributed by atoms with van der Waals surface area (Å²) in [6.07, 6.45) is -11.9. The van der Waals surface area contributed by atoms with Gasteiger partial charge in [0.25, 0.3) is 0 Å². The quantitative estimate of drug-likeness (QED) is 0.621. The molecule has 0 radical (unpaired) electrons. The maximum Gasteiger partial charge on any atom is 0.453 e. The minimum Gasteiger partial charge on any atom is -0.286 e. The molecule has 2 aromatic rings. The van der Waals surface area contributed by atoms with Crippen LogP contribution in [-0.2, 0) is 16.4 Å². The van der Waals surface area contributed by atoms with Gasteiger partial charge in [0.2, 0.25) is 0 Å². The molecule has 0 spiro atoms. The lowest BCUT2D eigenvalue weighted by Gasteiger charge is -2.36.